The minimum absolute atomic E-state index is 0.0872. The molecule has 0 aliphatic heterocycles. The van der Waals surface area contributed by atoms with Crippen LogP contribution < -0.4 is 10.1 Å². The third-order valence-corrected chi connectivity index (χ3v) is 1.96. The van der Waals surface area contributed by atoms with Crippen LogP contribution in [-0.4, -0.2) is 19.7 Å². The predicted molar refractivity (Wildman–Crippen MR) is 55.2 cm³/mol. The Hall–Kier alpha value is -1.09. The molecule has 1 atom stereocenters. The van der Waals surface area contributed by atoms with E-state index >= 15 is 0 Å². The van der Waals surface area contributed by atoms with E-state index in [1.54, 1.807) is 6.07 Å². The summed E-state index contributed by atoms with van der Waals surface area (Å²) in [6.07, 6.45) is 0.0872. The number of benzene rings is 1. The van der Waals surface area contributed by atoms with Crippen LogP contribution in [0.25, 0.3) is 0 Å². The number of halogens is 1. The number of nitrogens with one attached hydrogen (secondary N) is 1. The molecule has 2 nitrogen and oxygen atoms in total. The minimum atomic E-state index is -0.226. The van der Waals surface area contributed by atoms with Crippen LogP contribution in [0.1, 0.15) is 12.5 Å². The van der Waals surface area contributed by atoms with Gasteiger partial charge in [-0.25, -0.2) is 4.39 Å². The number of hydrogen-bond acceptors (Lipinski definition) is 2. The lowest BCUT2D eigenvalue weighted by atomic mass is 10.2. The molecule has 0 saturated carbocycles. The molecule has 0 fully saturated rings. The fraction of sp³-hybridized carbons (Fsp3) is 0.455. The van der Waals surface area contributed by atoms with Gasteiger partial charge in [-0.2, -0.15) is 0 Å². The topological polar surface area (TPSA) is 21.3 Å². The summed E-state index contributed by atoms with van der Waals surface area (Å²) in [6.45, 7) is 4.58. The molecule has 1 unspecified atom stereocenters. The van der Waals surface area contributed by atoms with E-state index in [1.807, 2.05) is 20.9 Å². The molecule has 0 bridgehead atoms. The molecule has 0 amide bonds. The van der Waals surface area contributed by atoms with Crippen LogP contribution in [0.2, 0.25) is 0 Å². The van der Waals surface area contributed by atoms with Gasteiger partial charge in [0.2, 0.25) is 0 Å². The summed E-state index contributed by atoms with van der Waals surface area (Å²) in [5.41, 5.74) is 0.827. The Morgan fingerprint density at radius 1 is 1.50 bits per heavy atom. The van der Waals surface area contributed by atoms with Gasteiger partial charge in [0.1, 0.15) is 17.7 Å². The highest BCUT2D eigenvalue weighted by molar-refractivity contribution is 5.32. The molecule has 78 valence electrons. The molecule has 0 radical (unpaired) electrons. The molecule has 0 aliphatic carbocycles. The van der Waals surface area contributed by atoms with E-state index in [0.717, 1.165) is 17.9 Å². The van der Waals surface area contributed by atoms with Crippen LogP contribution in [0.4, 0.5) is 4.39 Å². The van der Waals surface area contributed by atoms with Crippen molar-refractivity contribution >= 4 is 0 Å². The molecule has 1 aromatic carbocycles. The highest BCUT2D eigenvalue weighted by Gasteiger charge is 2.05. The second kappa shape index (κ2) is 4.96. The van der Waals surface area contributed by atoms with Gasteiger partial charge in [-0.3, -0.25) is 0 Å². The van der Waals surface area contributed by atoms with Crippen molar-refractivity contribution in [1.82, 2.24) is 5.32 Å². The van der Waals surface area contributed by atoms with Crippen molar-refractivity contribution < 1.29 is 9.13 Å². The molecule has 0 heterocycles. The van der Waals surface area contributed by atoms with E-state index in [4.69, 9.17) is 4.74 Å². The first kappa shape index (κ1) is 11.0. The summed E-state index contributed by atoms with van der Waals surface area (Å²) in [6, 6.07) is 4.55. The Labute approximate surface area is 84.1 Å². The van der Waals surface area contributed by atoms with E-state index in [0.29, 0.717) is 0 Å². The molecule has 1 N–H and O–H groups in total. The first-order valence-corrected chi connectivity index (χ1v) is 4.71. The zero-order valence-corrected chi connectivity index (χ0v) is 8.80. The highest BCUT2D eigenvalue weighted by atomic mass is 19.1. The van der Waals surface area contributed by atoms with E-state index in [-0.39, 0.29) is 11.9 Å². The number of ether oxygens (including phenoxy) is 1. The van der Waals surface area contributed by atoms with Gasteiger partial charge in [0.25, 0.3) is 0 Å². The maximum Gasteiger partial charge on any atom is 0.123 e. The predicted octanol–water partition coefficient (Wildman–Crippen LogP) is 2.12. The van der Waals surface area contributed by atoms with Gasteiger partial charge < -0.3 is 10.1 Å². The lowest BCUT2D eigenvalue weighted by Gasteiger charge is -2.15. The molecule has 0 aliphatic rings. The second-order valence-electron chi connectivity index (χ2n) is 3.40. The van der Waals surface area contributed by atoms with Crippen LogP contribution in [-0.2, 0) is 0 Å². The molecule has 1 rings (SSSR count). The van der Waals surface area contributed by atoms with E-state index in [1.165, 1.54) is 12.1 Å². The summed E-state index contributed by atoms with van der Waals surface area (Å²) in [5, 5.41) is 3.02. The zero-order chi connectivity index (χ0) is 10.6. The number of rotatable bonds is 4. The van der Waals surface area contributed by atoms with Crippen LogP contribution in [0, 0.1) is 12.7 Å². The van der Waals surface area contributed by atoms with Gasteiger partial charge in [-0.05, 0) is 44.7 Å². The molecule has 3 heteroatoms. The average Bonchev–Trinajstić information content (AvgIpc) is 2.10. The van der Waals surface area contributed by atoms with Gasteiger partial charge in [-0.15, -0.1) is 0 Å². The molecule has 0 saturated heterocycles. The summed E-state index contributed by atoms with van der Waals surface area (Å²) < 4.78 is 18.4. The van der Waals surface area contributed by atoms with Crippen molar-refractivity contribution in [3.05, 3.63) is 29.6 Å². The second-order valence-corrected chi connectivity index (χ2v) is 3.40. The number of aryl methyl sites for hydroxylation is 1. The monoisotopic (exact) mass is 197 g/mol. The Morgan fingerprint density at radius 3 is 2.79 bits per heavy atom. The summed E-state index contributed by atoms with van der Waals surface area (Å²) in [7, 11) is 1.87. The molecule has 14 heavy (non-hydrogen) atoms. The fourth-order valence-electron chi connectivity index (χ4n) is 1.29. The standard InChI is InChI=1S/C11H16FNO/c1-8-6-10(12)4-5-11(8)14-9(2)7-13-3/h4-6,9,13H,7H2,1-3H3. The zero-order valence-electron chi connectivity index (χ0n) is 8.80. The summed E-state index contributed by atoms with van der Waals surface area (Å²) in [4.78, 5) is 0. The Bertz CT molecular complexity index is 301. The van der Waals surface area contributed by atoms with Gasteiger partial charge in [0.05, 0.1) is 0 Å². The van der Waals surface area contributed by atoms with Crippen LogP contribution in [0.15, 0.2) is 18.2 Å². The minimum Gasteiger partial charge on any atom is -0.489 e. The van der Waals surface area contributed by atoms with Crippen molar-refractivity contribution in [2.75, 3.05) is 13.6 Å². The van der Waals surface area contributed by atoms with Gasteiger partial charge >= 0.3 is 0 Å². The van der Waals surface area contributed by atoms with Gasteiger partial charge in [0.15, 0.2) is 0 Å². The van der Waals surface area contributed by atoms with Crippen LogP contribution in [0.5, 0.6) is 5.75 Å². The maximum absolute atomic E-state index is 12.8. The average molecular weight is 197 g/mol. The quantitative estimate of drug-likeness (QED) is 0.798. The van der Waals surface area contributed by atoms with Crippen LogP contribution in [0.3, 0.4) is 0 Å². The van der Waals surface area contributed by atoms with E-state index in [2.05, 4.69) is 5.32 Å². The Kier molecular flexibility index (Phi) is 3.89. The molecule has 0 aromatic heterocycles. The first-order chi connectivity index (χ1) is 6.63. The molecular formula is C11H16FNO. The lowest BCUT2D eigenvalue weighted by molar-refractivity contribution is 0.219. The maximum atomic E-state index is 12.8. The van der Waals surface area contributed by atoms with Gasteiger partial charge in [-0.1, -0.05) is 0 Å². The van der Waals surface area contributed by atoms with Crippen molar-refractivity contribution in [2.24, 2.45) is 0 Å². The largest absolute Gasteiger partial charge is 0.489 e. The van der Waals surface area contributed by atoms with Gasteiger partial charge in [0, 0.05) is 6.54 Å². The van der Waals surface area contributed by atoms with E-state index < -0.39 is 0 Å². The molecule has 1 aromatic rings. The Morgan fingerprint density at radius 2 is 2.21 bits per heavy atom. The molecular weight excluding hydrogens is 181 g/mol. The Balaban J connectivity index is 2.67. The normalized spacial score (nSPS) is 12.6. The summed E-state index contributed by atoms with van der Waals surface area (Å²) in [5.74, 6) is 0.519. The van der Waals surface area contributed by atoms with Crippen molar-refractivity contribution in [3.8, 4) is 5.75 Å². The third kappa shape index (κ3) is 3.00. The number of hydrogen-bond donors (Lipinski definition) is 1. The number of likely N-dealkylation sites (N-methyl/N-ethyl adjacent to an activating group) is 1. The van der Waals surface area contributed by atoms with Crippen molar-refractivity contribution in [1.29, 1.82) is 0 Å². The van der Waals surface area contributed by atoms with Crippen LogP contribution >= 0.6 is 0 Å². The van der Waals surface area contributed by atoms with Crippen molar-refractivity contribution in [3.63, 3.8) is 0 Å². The third-order valence-electron chi connectivity index (χ3n) is 1.96. The first-order valence-electron chi connectivity index (χ1n) is 4.71. The highest BCUT2D eigenvalue weighted by Crippen LogP contribution is 2.19. The smallest absolute Gasteiger partial charge is 0.123 e. The SMILES string of the molecule is CNCC(C)Oc1ccc(F)cc1C. The fourth-order valence-corrected chi connectivity index (χ4v) is 1.29. The lowest BCUT2D eigenvalue weighted by Crippen LogP contribution is -2.26. The van der Waals surface area contributed by atoms with Crippen molar-refractivity contribution in [2.45, 2.75) is 20.0 Å². The molecule has 0 spiro atoms. The van der Waals surface area contributed by atoms with E-state index in [9.17, 15) is 4.39 Å². The summed E-state index contributed by atoms with van der Waals surface area (Å²) >= 11 is 0.